The van der Waals surface area contributed by atoms with Crippen LogP contribution in [0.4, 0.5) is 11.4 Å². The summed E-state index contributed by atoms with van der Waals surface area (Å²) in [5.41, 5.74) is 2.51. The first-order valence-corrected chi connectivity index (χ1v) is 8.38. The lowest BCUT2D eigenvalue weighted by Crippen LogP contribution is -2.31. The molecule has 0 saturated heterocycles. The number of anilines is 2. The van der Waals surface area contributed by atoms with Crippen LogP contribution in [0.25, 0.3) is 0 Å². The van der Waals surface area contributed by atoms with E-state index in [-0.39, 0.29) is 11.9 Å². The molecule has 1 amide bonds. The number of nitrogens with zero attached hydrogens (tertiary/aromatic N) is 2. The highest BCUT2D eigenvalue weighted by Gasteiger charge is 2.13. The van der Waals surface area contributed by atoms with Gasteiger partial charge in [-0.3, -0.25) is 4.79 Å². The second-order valence-corrected chi connectivity index (χ2v) is 5.33. The number of hydrogen-bond acceptors (Lipinski definition) is 5. The Balaban J connectivity index is 2.04. The molecule has 0 fully saturated rings. The second kappa shape index (κ2) is 8.82. The minimum Gasteiger partial charge on any atom is -0.462 e. The summed E-state index contributed by atoms with van der Waals surface area (Å²) in [6, 6.07) is 10.5. The molecule has 0 aliphatic heterocycles. The van der Waals surface area contributed by atoms with Crippen molar-refractivity contribution >= 4 is 23.3 Å². The smallest absolute Gasteiger partial charge is 0.338 e. The maximum Gasteiger partial charge on any atom is 0.338 e. The molecular weight excluding hydrogens is 318 g/mol. The summed E-state index contributed by atoms with van der Waals surface area (Å²) in [7, 11) is 0. The van der Waals surface area contributed by atoms with Crippen LogP contribution in [0.15, 0.2) is 42.6 Å². The van der Waals surface area contributed by atoms with Crippen molar-refractivity contribution in [2.45, 2.75) is 20.8 Å². The van der Waals surface area contributed by atoms with Gasteiger partial charge in [0.2, 0.25) is 0 Å². The molecule has 2 rings (SSSR count). The zero-order valence-electron chi connectivity index (χ0n) is 14.8. The van der Waals surface area contributed by atoms with Crippen molar-refractivity contribution in [1.29, 1.82) is 0 Å². The summed E-state index contributed by atoms with van der Waals surface area (Å²) in [6.07, 6.45) is 1.62. The Bertz CT molecular complexity index is 708. The SMILES string of the molecule is CCOC(=O)c1ccc(Nc2ccc(C(=O)N(CC)CC)nc2)cc1. The van der Waals surface area contributed by atoms with E-state index in [0.29, 0.717) is 31.0 Å². The third-order valence-corrected chi connectivity index (χ3v) is 3.72. The lowest BCUT2D eigenvalue weighted by molar-refractivity contribution is 0.0526. The Morgan fingerprint density at radius 2 is 1.64 bits per heavy atom. The maximum absolute atomic E-state index is 12.2. The van der Waals surface area contributed by atoms with E-state index in [9.17, 15) is 9.59 Å². The van der Waals surface area contributed by atoms with Gasteiger partial charge in [-0.05, 0) is 57.2 Å². The van der Waals surface area contributed by atoms with Gasteiger partial charge in [-0.1, -0.05) is 0 Å². The molecule has 0 aliphatic carbocycles. The summed E-state index contributed by atoms with van der Waals surface area (Å²) in [4.78, 5) is 29.8. The number of carbonyl (C=O) groups is 2. The Hall–Kier alpha value is -2.89. The standard InChI is InChI=1S/C19H23N3O3/c1-4-22(5-2)18(23)17-12-11-16(13-20-17)21-15-9-7-14(8-10-15)19(24)25-6-3/h7-13,21H,4-6H2,1-3H3. The molecule has 6 nitrogen and oxygen atoms in total. The average Bonchev–Trinajstić information content (AvgIpc) is 2.64. The lowest BCUT2D eigenvalue weighted by Gasteiger charge is -2.18. The van der Waals surface area contributed by atoms with Crippen molar-refractivity contribution in [3.8, 4) is 0 Å². The van der Waals surface area contributed by atoms with Crippen LogP contribution in [0.3, 0.4) is 0 Å². The minimum atomic E-state index is -0.338. The number of nitrogens with one attached hydrogen (secondary N) is 1. The quantitative estimate of drug-likeness (QED) is 0.781. The van der Waals surface area contributed by atoms with Crippen LogP contribution in [0.5, 0.6) is 0 Å². The monoisotopic (exact) mass is 341 g/mol. The van der Waals surface area contributed by atoms with Crippen LogP contribution < -0.4 is 5.32 Å². The number of rotatable bonds is 7. The van der Waals surface area contributed by atoms with Gasteiger partial charge in [0.1, 0.15) is 5.69 Å². The van der Waals surface area contributed by atoms with Crippen molar-refractivity contribution in [1.82, 2.24) is 9.88 Å². The van der Waals surface area contributed by atoms with Gasteiger partial charge in [-0.2, -0.15) is 0 Å². The Kier molecular flexibility index (Phi) is 6.51. The highest BCUT2D eigenvalue weighted by atomic mass is 16.5. The maximum atomic E-state index is 12.2. The number of hydrogen-bond donors (Lipinski definition) is 1. The summed E-state index contributed by atoms with van der Waals surface area (Å²) in [5.74, 6) is -0.412. The zero-order valence-corrected chi connectivity index (χ0v) is 14.8. The molecule has 132 valence electrons. The molecule has 0 aliphatic rings. The molecule has 0 radical (unpaired) electrons. The van der Waals surface area contributed by atoms with Crippen LogP contribution in [-0.2, 0) is 4.74 Å². The molecule has 1 heterocycles. The Morgan fingerprint density at radius 1 is 1.00 bits per heavy atom. The number of carbonyl (C=O) groups excluding carboxylic acids is 2. The van der Waals surface area contributed by atoms with Crippen LogP contribution in [0, 0.1) is 0 Å². The van der Waals surface area contributed by atoms with Gasteiger partial charge in [0.25, 0.3) is 5.91 Å². The van der Waals surface area contributed by atoms with E-state index in [2.05, 4.69) is 10.3 Å². The normalized spacial score (nSPS) is 10.2. The van der Waals surface area contributed by atoms with E-state index in [1.807, 2.05) is 19.9 Å². The topological polar surface area (TPSA) is 71.5 Å². The molecule has 0 saturated carbocycles. The van der Waals surface area contributed by atoms with Gasteiger partial charge in [0.05, 0.1) is 24.1 Å². The second-order valence-electron chi connectivity index (χ2n) is 5.33. The van der Waals surface area contributed by atoms with E-state index >= 15 is 0 Å². The van der Waals surface area contributed by atoms with Gasteiger partial charge >= 0.3 is 5.97 Å². The fourth-order valence-electron chi connectivity index (χ4n) is 2.34. The molecule has 0 atom stereocenters. The van der Waals surface area contributed by atoms with Gasteiger partial charge in [0, 0.05) is 18.8 Å². The Labute approximate surface area is 147 Å². The predicted octanol–water partition coefficient (Wildman–Crippen LogP) is 3.48. The van der Waals surface area contributed by atoms with Crippen molar-refractivity contribution in [2.24, 2.45) is 0 Å². The number of benzene rings is 1. The zero-order chi connectivity index (χ0) is 18.2. The van der Waals surface area contributed by atoms with Crippen molar-refractivity contribution in [2.75, 3.05) is 25.0 Å². The summed E-state index contributed by atoms with van der Waals surface area (Å²) >= 11 is 0. The fraction of sp³-hybridized carbons (Fsp3) is 0.316. The van der Waals surface area contributed by atoms with E-state index in [4.69, 9.17) is 4.74 Å². The average molecular weight is 341 g/mol. The summed E-state index contributed by atoms with van der Waals surface area (Å²) < 4.78 is 4.95. The molecule has 6 heteroatoms. The van der Waals surface area contributed by atoms with E-state index in [0.717, 1.165) is 11.4 Å². The first-order chi connectivity index (χ1) is 12.1. The van der Waals surface area contributed by atoms with Gasteiger partial charge < -0.3 is 15.0 Å². The van der Waals surface area contributed by atoms with Crippen LogP contribution in [0.1, 0.15) is 41.6 Å². The predicted molar refractivity (Wildman–Crippen MR) is 97.2 cm³/mol. The first-order valence-electron chi connectivity index (χ1n) is 8.38. The van der Waals surface area contributed by atoms with Crippen LogP contribution >= 0.6 is 0 Å². The largest absolute Gasteiger partial charge is 0.462 e. The lowest BCUT2D eigenvalue weighted by atomic mass is 10.2. The van der Waals surface area contributed by atoms with Gasteiger partial charge in [-0.25, -0.2) is 9.78 Å². The first kappa shape index (κ1) is 18.4. The third-order valence-electron chi connectivity index (χ3n) is 3.72. The minimum absolute atomic E-state index is 0.0738. The fourth-order valence-corrected chi connectivity index (χ4v) is 2.34. The number of pyridine rings is 1. The molecule has 0 bridgehead atoms. The summed E-state index contributed by atoms with van der Waals surface area (Å²) in [5, 5.41) is 3.19. The van der Waals surface area contributed by atoms with Crippen molar-refractivity contribution < 1.29 is 14.3 Å². The van der Waals surface area contributed by atoms with Gasteiger partial charge in [-0.15, -0.1) is 0 Å². The van der Waals surface area contributed by atoms with Crippen LogP contribution in [-0.4, -0.2) is 41.5 Å². The third kappa shape index (κ3) is 4.79. The van der Waals surface area contributed by atoms with Gasteiger partial charge in [0.15, 0.2) is 0 Å². The van der Waals surface area contributed by atoms with Crippen molar-refractivity contribution in [3.05, 3.63) is 53.9 Å². The highest BCUT2D eigenvalue weighted by Crippen LogP contribution is 2.17. The molecule has 1 aromatic heterocycles. The molecule has 0 unspecified atom stereocenters. The van der Waals surface area contributed by atoms with E-state index < -0.39 is 0 Å². The van der Waals surface area contributed by atoms with E-state index in [1.165, 1.54) is 0 Å². The molecule has 25 heavy (non-hydrogen) atoms. The molecule has 1 aromatic carbocycles. The Morgan fingerprint density at radius 3 is 2.16 bits per heavy atom. The molecule has 2 aromatic rings. The summed E-state index contributed by atoms with van der Waals surface area (Å²) in [6.45, 7) is 7.32. The molecule has 1 N–H and O–H groups in total. The van der Waals surface area contributed by atoms with Crippen molar-refractivity contribution in [3.63, 3.8) is 0 Å². The number of ether oxygens (including phenoxy) is 1. The number of aromatic nitrogens is 1. The number of esters is 1. The highest BCUT2D eigenvalue weighted by molar-refractivity contribution is 5.92. The molecular formula is C19H23N3O3. The van der Waals surface area contributed by atoms with Crippen LogP contribution in [0.2, 0.25) is 0 Å². The van der Waals surface area contributed by atoms with E-state index in [1.54, 1.807) is 48.4 Å². The number of amides is 1. The molecule has 0 spiro atoms.